The molecule has 2 aliphatic rings. The molecule has 0 bridgehead atoms. The third kappa shape index (κ3) is 2.69. The summed E-state index contributed by atoms with van der Waals surface area (Å²) in [4.78, 5) is 15.0. The Bertz CT molecular complexity index is 511. The van der Waals surface area contributed by atoms with Gasteiger partial charge in [0.05, 0.1) is 6.04 Å². The Hall–Kier alpha value is -1.83. The normalized spacial score (nSPS) is 22.1. The molecule has 0 heterocycles. The van der Waals surface area contributed by atoms with Crippen LogP contribution in [0.1, 0.15) is 42.5 Å². The number of hydrogen-bond donors (Lipinski definition) is 0. The number of rotatable bonds is 3. The first-order valence-corrected chi connectivity index (χ1v) is 7.57. The van der Waals surface area contributed by atoms with Crippen molar-refractivity contribution in [3.8, 4) is 0 Å². The van der Waals surface area contributed by atoms with E-state index in [0.29, 0.717) is 6.04 Å². The van der Waals surface area contributed by atoms with Crippen molar-refractivity contribution in [2.24, 2.45) is 0 Å². The van der Waals surface area contributed by atoms with Gasteiger partial charge in [0.1, 0.15) is 0 Å². The van der Waals surface area contributed by atoms with E-state index in [1.54, 1.807) is 0 Å². The Balaban J connectivity index is 1.86. The third-order valence-corrected chi connectivity index (χ3v) is 4.29. The van der Waals surface area contributed by atoms with E-state index < -0.39 is 0 Å². The zero-order chi connectivity index (χ0) is 13.8. The Morgan fingerprint density at radius 2 is 1.80 bits per heavy atom. The highest BCUT2D eigenvalue weighted by Crippen LogP contribution is 2.29. The molecule has 1 aromatic carbocycles. The summed E-state index contributed by atoms with van der Waals surface area (Å²) in [5, 5.41) is 0. The first-order valence-electron chi connectivity index (χ1n) is 7.57. The van der Waals surface area contributed by atoms with Gasteiger partial charge < -0.3 is 4.90 Å². The van der Waals surface area contributed by atoms with Crippen LogP contribution in [0.5, 0.6) is 0 Å². The molecule has 0 radical (unpaired) electrons. The van der Waals surface area contributed by atoms with Gasteiger partial charge in [-0.1, -0.05) is 55.3 Å². The van der Waals surface area contributed by atoms with Crippen molar-refractivity contribution in [3.05, 3.63) is 60.2 Å². The first-order chi connectivity index (χ1) is 9.86. The Morgan fingerprint density at radius 3 is 2.45 bits per heavy atom. The van der Waals surface area contributed by atoms with E-state index in [9.17, 15) is 4.79 Å². The summed E-state index contributed by atoms with van der Waals surface area (Å²) < 4.78 is 0. The second-order valence-electron chi connectivity index (χ2n) is 5.63. The van der Waals surface area contributed by atoms with Gasteiger partial charge in [0.15, 0.2) is 0 Å². The topological polar surface area (TPSA) is 20.3 Å². The van der Waals surface area contributed by atoms with E-state index >= 15 is 0 Å². The number of amides is 1. The number of allylic oxidation sites excluding steroid dienone is 2. The molecule has 2 aliphatic carbocycles. The zero-order valence-electron chi connectivity index (χ0n) is 11.7. The molecule has 2 heteroatoms. The highest BCUT2D eigenvalue weighted by Gasteiger charge is 2.31. The lowest BCUT2D eigenvalue weighted by Crippen LogP contribution is -2.45. The summed E-state index contributed by atoms with van der Waals surface area (Å²) in [5.74, 6) is 0.183. The molecule has 1 aromatic rings. The largest absolute Gasteiger partial charge is 0.329 e. The summed E-state index contributed by atoms with van der Waals surface area (Å²) in [7, 11) is 0. The molecule has 0 saturated heterocycles. The number of carbonyl (C=O) groups excluding carboxylic acids is 1. The fourth-order valence-electron chi connectivity index (χ4n) is 3.27. The smallest absolute Gasteiger partial charge is 0.254 e. The lowest BCUT2D eigenvalue weighted by Gasteiger charge is -2.35. The van der Waals surface area contributed by atoms with Crippen molar-refractivity contribution in [1.82, 2.24) is 4.90 Å². The zero-order valence-corrected chi connectivity index (χ0v) is 11.7. The molecular formula is C18H21NO. The fourth-order valence-corrected chi connectivity index (χ4v) is 3.27. The molecular weight excluding hydrogens is 246 g/mol. The molecule has 0 aliphatic heterocycles. The SMILES string of the molecule is O=C(c1ccccc1)N(C1C=CC=CC1)C1CCCC1. The van der Waals surface area contributed by atoms with Gasteiger partial charge in [0.2, 0.25) is 0 Å². The summed E-state index contributed by atoms with van der Waals surface area (Å²) in [6.07, 6.45) is 14.2. The molecule has 1 unspecified atom stereocenters. The van der Waals surface area contributed by atoms with Gasteiger partial charge in [-0.05, 0) is 31.4 Å². The number of benzene rings is 1. The van der Waals surface area contributed by atoms with Crippen molar-refractivity contribution in [3.63, 3.8) is 0 Å². The van der Waals surface area contributed by atoms with Gasteiger partial charge in [-0.25, -0.2) is 0 Å². The highest BCUT2D eigenvalue weighted by molar-refractivity contribution is 5.94. The summed E-state index contributed by atoms with van der Waals surface area (Å²) >= 11 is 0. The van der Waals surface area contributed by atoms with E-state index in [-0.39, 0.29) is 11.9 Å². The van der Waals surface area contributed by atoms with Crippen LogP contribution in [-0.2, 0) is 0 Å². The lowest BCUT2D eigenvalue weighted by atomic mass is 10.0. The molecule has 2 nitrogen and oxygen atoms in total. The van der Waals surface area contributed by atoms with Crippen LogP contribution < -0.4 is 0 Å². The minimum Gasteiger partial charge on any atom is -0.329 e. The molecule has 1 fully saturated rings. The lowest BCUT2D eigenvalue weighted by molar-refractivity contribution is 0.0624. The van der Waals surface area contributed by atoms with Crippen LogP contribution in [0.25, 0.3) is 0 Å². The summed E-state index contributed by atoms with van der Waals surface area (Å²) in [6, 6.07) is 10.3. The molecule has 1 saturated carbocycles. The maximum atomic E-state index is 12.9. The molecule has 1 amide bonds. The fraction of sp³-hybridized carbons (Fsp3) is 0.389. The van der Waals surface area contributed by atoms with Gasteiger partial charge in [0, 0.05) is 11.6 Å². The maximum absolute atomic E-state index is 12.9. The van der Waals surface area contributed by atoms with Gasteiger partial charge in [-0.3, -0.25) is 4.79 Å². The van der Waals surface area contributed by atoms with Crippen molar-refractivity contribution < 1.29 is 4.79 Å². The first kappa shape index (κ1) is 13.2. The van der Waals surface area contributed by atoms with Gasteiger partial charge in [0.25, 0.3) is 5.91 Å². The average Bonchev–Trinajstić information content (AvgIpc) is 3.03. The predicted octanol–water partition coefficient (Wildman–Crippen LogP) is 3.96. The van der Waals surface area contributed by atoms with Gasteiger partial charge >= 0.3 is 0 Å². The van der Waals surface area contributed by atoms with Crippen LogP contribution in [0.3, 0.4) is 0 Å². The second kappa shape index (κ2) is 6.08. The van der Waals surface area contributed by atoms with Crippen molar-refractivity contribution in [2.45, 2.75) is 44.2 Å². The van der Waals surface area contributed by atoms with Crippen molar-refractivity contribution >= 4 is 5.91 Å². The van der Waals surface area contributed by atoms with Crippen molar-refractivity contribution in [2.75, 3.05) is 0 Å². The molecule has 104 valence electrons. The van der Waals surface area contributed by atoms with E-state index in [1.807, 2.05) is 30.3 Å². The maximum Gasteiger partial charge on any atom is 0.254 e. The molecule has 0 aromatic heterocycles. The summed E-state index contributed by atoms with van der Waals surface area (Å²) in [6.45, 7) is 0. The van der Waals surface area contributed by atoms with Crippen LogP contribution >= 0.6 is 0 Å². The number of hydrogen-bond acceptors (Lipinski definition) is 1. The average molecular weight is 267 g/mol. The second-order valence-corrected chi connectivity index (χ2v) is 5.63. The molecule has 1 atom stereocenters. The van der Waals surface area contributed by atoms with Crippen LogP contribution in [0.15, 0.2) is 54.6 Å². The van der Waals surface area contributed by atoms with E-state index in [4.69, 9.17) is 0 Å². The highest BCUT2D eigenvalue weighted by atomic mass is 16.2. The minimum atomic E-state index is 0.183. The third-order valence-electron chi connectivity index (χ3n) is 4.29. The van der Waals surface area contributed by atoms with Crippen LogP contribution in [0.2, 0.25) is 0 Å². The Morgan fingerprint density at radius 1 is 1.05 bits per heavy atom. The van der Waals surface area contributed by atoms with Crippen LogP contribution in [0, 0.1) is 0 Å². The Labute approximate surface area is 120 Å². The molecule has 0 spiro atoms. The molecule has 20 heavy (non-hydrogen) atoms. The van der Waals surface area contributed by atoms with E-state index in [2.05, 4.69) is 29.2 Å². The minimum absolute atomic E-state index is 0.183. The van der Waals surface area contributed by atoms with Crippen LogP contribution in [0.4, 0.5) is 0 Å². The summed E-state index contributed by atoms with van der Waals surface area (Å²) in [5.41, 5.74) is 0.808. The monoisotopic (exact) mass is 267 g/mol. The van der Waals surface area contributed by atoms with E-state index in [0.717, 1.165) is 24.8 Å². The van der Waals surface area contributed by atoms with Gasteiger partial charge in [-0.15, -0.1) is 0 Å². The Kier molecular flexibility index (Phi) is 4.00. The molecule has 3 rings (SSSR count). The van der Waals surface area contributed by atoms with Crippen molar-refractivity contribution in [1.29, 1.82) is 0 Å². The van der Waals surface area contributed by atoms with Gasteiger partial charge in [-0.2, -0.15) is 0 Å². The predicted molar refractivity (Wildman–Crippen MR) is 81.6 cm³/mol. The molecule has 0 N–H and O–H groups in total. The number of carbonyl (C=O) groups is 1. The van der Waals surface area contributed by atoms with E-state index in [1.165, 1.54) is 12.8 Å². The standard InChI is InChI=1S/C18H21NO/c20-18(15-9-3-1-4-10-15)19(17-13-7-8-14-17)16-11-5-2-6-12-16/h1-6,9-11,16-17H,7-8,12-14H2. The quantitative estimate of drug-likeness (QED) is 0.812. The number of nitrogens with zero attached hydrogens (tertiary/aromatic N) is 1. The van der Waals surface area contributed by atoms with Crippen LogP contribution in [-0.4, -0.2) is 22.9 Å².